The molecular formula is C68H129NO5. The number of aliphatic hydroxyl groups excluding tert-OH is 2. The number of unbranched alkanes of at least 4 members (excludes halogenated alkanes) is 47. The van der Waals surface area contributed by atoms with Crippen LogP contribution in [-0.4, -0.2) is 47.4 Å². The number of carbonyl (C=O) groups excluding carboxylic acids is 2. The lowest BCUT2D eigenvalue weighted by atomic mass is 10.0. The van der Waals surface area contributed by atoms with Gasteiger partial charge < -0.3 is 20.3 Å². The first-order chi connectivity index (χ1) is 36.5. The molecule has 2 unspecified atom stereocenters. The van der Waals surface area contributed by atoms with Crippen molar-refractivity contribution in [3.05, 3.63) is 36.5 Å². The fourth-order valence-corrected chi connectivity index (χ4v) is 10.3. The summed E-state index contributed by atoms with van der Waals surface area (Å²) in [5.74, 6) is -0.0597. The highest BCUT2D eigenvalue weighted by molar-refractivity contribution is 5.76. The molecule has 1 amide bonds. The molecule has 2 atom stereocenters. The Balaban J connectivity index is 3.40. The van der Waals surface area contributed by atoms with Gasteiger partial charge in [-0.25, -0.2) is 0 Å². The van der Waals surface area contributed by atoms with Crippen LogP contribution in [0.1, 0.15) is 361 Å². The zero-order valence-corrected chi connectivity index (χ0v) is 49.8. The van der Waals surface area contributed by atoms with Crippen molar-refractivity contribution in [2.45, 2.75) is 373 Å². The first kappa shape index (κ1) is 72.1. The monoisotopic (exact) mass is 1040 g/mol. The summed E-state index contributed by atoms with van der Waals surface area (Å²) in [5, 5.41) is 23.1. The van der Waals surface area contributed by atoms with Gasteiger partial charge in [-0.2, -0.15) is 0 Å². The summed E-state index contributed by atoms with van der Waals surface area (Å²) < 4.78 is 5.50. The topological polar surface area (TPSA) is 95.9 Å². The van der Waals surface area contributed by atoms with Gasteiger partial charge in [0.05, 0.1) is 25.4 Å². The van der Waals surface area contributed by atoms with Crippen LogP contribution >= 0.6 is 0 Å². The molecule has 6 heteroatoms. The van der Waals surface area contributed by atoms with Gasteiger partial charge in [-0.1, -0.05) is 301 Å². The van der Waals surface area contributed by atoms with Gasteiger partial charge in [-0.05, 0) is 83.5 Å². The van der Waals surface area contributed by atoms with Crippen LogP contribution in [0.15, 0.2) is 36.5 Å². The molecule has 74 heavy (non-hydrogen) atoms. The molecule has 436 valence electrons. The largest absolute Gasteiger partial charge is 0.466 e. The van der Waals surface area contributed by atoms with Crippen LogP contribution in [-0.2, 0) is 14.3 Å². The van der Waals surface area contributed by atoms with E-state index in [1.807, 2.05) is 6.08 Å². The van der Waals surface area contributed by atoms with Gasteiger partial charge in [0.1, 0.15) is 0 Å². The van der Waals surface area contributed by atoms with Crippen LogP contribution < -0.4 is 5.32 Å². The highest BCUT2D eigenvalue weighted by Crippen LogP contribution is 2.17. The lowest BCUT2D eigenvalue weighted by molar-refractivity contribution is -0.143. The first-order valence-electron chi connectivity index (χ1n) is 33.3. The molecular weight excluding hydrogens is 911 g/mol. The van der Waals surface area contributed by atoms with Gasteiger partial charge in [0, 0.05) is 12.8 Å². The minimum atomic E-state index is -0.846. The molecule has 0 aliphatic heterocycles. The molecule has 0 spiro atoms. The summed E-state index contributed by atoms with van der Waals surface area (Å²) in [6.07, 6.45) is 80.6. The Morgan fingerprint density at radius 2 is 0.635 bits per heavy atom. The zero-order chi connectivity index (χ0) is 53.6. The molecule has 6 nitrogen and oxygen atoms in total. The Hall–Kier alpha value is -1.92. The van der Waals surface area contributed by atoms with Crippen molar-refractivity contribution in [3.63, 3.8) is 0 Å². The summed E-state index contributed by atoms with van der Waals surface area (Å²) in [4.78, 5) is 24.6. The van der Waals surface area contributed by atoms with Crippen molar-refractivity contribution in [2.24, 2.45) is 0 Å². The van der Waals surface area contributed by atoms with E-state index in [2.05, 4.69) is 43.5 Å². The molecule has 0 aromatic carbocycles. The highest BCUT2D eigenvalue weighted by atomic mass is 16.5. The van der Waals surface area contributed by atoms with Crippen LogP contribution in [0.5, 0.6) is 0 Å². The number of hydrogen-bond donors (Lipinski definition) is 3. The van der Waals surface area contributed by atoms with Crippen LogP contribution in [0.4, 0.5) is 0 Å². The first-order valence-corrected chi connectivity index (χ1v) is 33.3. The predicted octanol–water partition coefficient (Wildman–Crippen LogP) is 21.1. The summed E-state index contributed by atoms with van der Waals surface area (Å²) in [5.41, 5.74) is 0. The summed E-state index contributed by atoms with van der Waals surface area (Å²) in [7, 11) is 0. The van der Waals surface area contributed by atoms with E-state index in [4.69, 9.17) is 4.74 Å². The number of aliphatic hydroxyl groups is 2. The van der Waals surface area contributed by atoms with Gasteiger partial charge in [0.25, 0.3) is 0 Å². The van der Waals surface area contributed by atoms with Crippen LogP contribution in [0.3, 0.4) is 0 Å². The van der Waals surface area contributed by atoms with E-state index >= 15 is 0 Å². The molecule has 0 radical (unpaired) electrons. The molecule has 3 N–H and O–H groups in total. The minimum absolute atomic E-state index is 0.0103. The van der Waals surface area contributed by atoms with Crippen LogP contribution in [0.2, 0.25) is 0 Å². The van der Waals surface area contributed by atoms with Crippen LogP contribution in [0.25, 0.3) is 0 Å². The van der Waals surface area contributed by atoms with Crippen molar-refractivity contribution in [1.82, 2.24) is 5.32 Å². The molecule has 0 bridgehead atoms. The fraction of sp³-hybridized carbons (Fsp3) is 0.882. The van der Waals surface area contributed by atoms with Gasteiger partial charge >= 0.3 is 5.97 Å². The molecule has 0 aliphatic rings. The fourth-order valence-electron chi connectivity index (χ4n) is 10.3. The van der Waals surface area contributed by atoms with E-state index in [0.717, 1.165) is 44.9 Å². The summed E-state index contributed by atoms with van der Waals surface area (Å²) in [6.45, 7) is 4.92. The zero-order valence-electron chi connectivity index (χ0n) is 49.8. The minimum Gasteiger partial charge on any atom is -0.466 e. The lowest BCUT2D eigenvalue weighted by Gasteiger charge is -2.20. The van der Waals surface area contributed by atoms with E-state index in [0.29, 0.717) is 19.4 Å². The van der Waals surface area contributed by atoms with Crippen LogP contribution in [0, 0.1) is 0 Å². The third-order valence-corrected chi connectivity index (χ3v) is 15.4. The second-order valence-electron chi connectivity index (χ2n) is 22.8. The Bertz CT molecular complexity index is 1200. The third-order valence-electron chi connectivity index (χ3n) is 15.4. The number of carbonyl (C=O) groups is 2. The molecule has 0 aliphatic carbocycles. The van der Waals surface area contributed by atoms with E-state index < -0.39 is 12.1 Å². The highest BCUT2D eigenvalue weighted by Gasteiger charge is 2.18. The second kappa shape index (κ2) is 63.6. The number of amides is 1. The maximum Gasteiger partial charge on any atom is 0.305 e. The number of esters is 1. The van der Waals surface area contributed by atoms with Crippen molar-refractivity contribution in [2.75, 3.05) is 13.2 Å². The molecule has 0 rings (SSSR count). The maximum absolute atomic E-state index is 12.5. The molecule has 0 saturated heterocycles. The van der Waals surface area contributed by atoms with Gasteiger partial charge in [-0.3, -0.25) is 9.59 Å². The molecule has 0 fully saturated rings. The smallest absolute Gasteiger partial charge is 0.305 e. The average molecular weight is 1040 g/mol. The molecule has 0 aromatic heterocycles. The van der Waals surface area contributed by atoms with E-state index in [1.165, 1.54) is 289 Å². The SMILES string of the molecule is CCCCCCCCC/C=C\CCCCCCCCCC(=O)OCCCCCCCCCCCCCC/C=C\CCCCCCCCCCCC(=O)NC(CO)C(O)/C=C/CCCCCCCCCCCCCC. The second-order valence-corrected chi connectivity index (χ2v) is 22.8. The van der Waals surface area contributed by atoms with E-state index in [-0.39, 0.29) is 18.5 Å². The average Bonchev–Trinajstić information content (AvgIpc) is 3.40. The molecule has 0 aromatic rings. The van der Waals surface area contributed by atoms with Crippen molar-refractivity contribution < 1.29 is 24.5 Å². The van der Waals surface area contributed by atoms with Gasteiger partial charge in [-0.15, -0.1) is 0 Å². The number of hydrogen-bond acceptors (Lipinski definition) is 5. The summed E-state index contributed by atoms with van der Waals surface area (Å²) in [6, 6.07) is -0.630. The lowest BCUT2D eigenvalue weighted by Crippen LogP contribution is -2.45. The Morgan fingerprint density at radius 1 is 0.365 bits per heavy atom. The van der Waals surface area contributed by atoms with E-state index in [1.54, 1.807) is 6.08 Å². The standard InChI is InChI=1S/C68H129NO5/c1-3-5-7-9-11-13-15-17-19-20-31-34-38-42-46-50-54-58-62-68(73)74-63-59-55-51-47-43-39-35-32-29-27-25-23-21-22-24-26-28-30-33-37-41-45-49-53-57-61-67(72)69-65(64-70)66(71)60-56-52-48-44-40-36-18-16-14-12-10-8-6-4-2/h19-20,22,24,56,60,65-66,70-71H,3-18,21,23,25-55,57-59,61-64H2,1-2H3,(H,69,72)/b20-19-,24-22-,60-56+. The van der Waals surface area contributed by atoms with Gasteiger partial charge in [0.2, 0.25) is 5.91 Å². The van der Waals surface area contributed by atoms with Crippen molar-refractivity contribution in [3.8, 4) is 0 Å². The number of rotatable bonds is 62. The Kier molecular flexibility index (Phi) is 62.0. The normalized spacial score (nSPS) is 12.8. The number of nitrogens with one attached hydrogen (secondary N) is 1. The Labute approximate surface area is 462 Å². The van der Waals surface area contributed by atoms with Crippen molar-refractivity contribution >= 4 is 11.9 Å². The number of ether oxygens (including phenoxy) is 1. The maximum atomic E-state index is 12.5. The summed E-state index contributed by atoms with van der Waals surface area (Å²) >= 11 is 0. The van der Waals surface area contributed by atoms with Crippen molar-refractivity contribution in [1.29, 1.82) is 0 Å². The third kappa shape index (κ3) is 59.3. The van der Waals surface area contributed by atoms with Gasteiger partial charge in [0.15, 0.2) is 0 Å². The number of allylic oxidation sites excluding steroid dienone is 5. The van der Waals surface area contributed by atoms with E-state index in [9.17, 15) is 19.8 Å². The molecule has 0 heterocycles. The predicted molar refractivity (Wildman–Crippen MR) is 324 cm³/mol. The molecule has 0 saturated carbocycles. The quantitative estimate of drug-likeness (QED) is 0.0320. The Morgan fingerprint density at radius 3 is 0.959 bits per heavy atom.